The smallest absolute Gasteiger partial charge is 0.0540 e. The van der Waals surface area contributed by atoms with Gasteiger partial charge in [0.25, 0.3) is 0 Å². The van der Waals surface area contributed by atoms with Crippen LogP contribution in [0.4, 0.5) is 17.1 Å². The van der Waals surface area contributed by atoms with Crippen LogP contribution < -0.4 is 4.90 Å². The lowest BCUT2D eigenvalue weighted by Gasteiger charge is -2.28. The SMILES string of the molecule is c1ccc(-c2ccc(N(c3ccc4c(c3)sc3c5ccccc5c(-c5cccc6ccccc56)cc43)c3ccccc3-c3ccccc3)cc2)cc1. The van der Waals surface area contributed by atoms with Crippen LogP contribution >= 0.6 is 11.3 Å². The third-order valence-corrected chi connectivity index (χ3v) is 11.5. The number of thiophene rings is 1. The molecule has 0 fully saturated rings. The minimum atomic E-state index is 1.12. The van der Waals surface area contributed by atoms with Crippen molar-refractivity contribution in [3.63, 3.8) is 0 Å². The Hall–Kier alpha value is -6.48. The maximum Gasteiger partial charge on any atom is 0.0540 e. The first-order valence-electron chi connectivity index (χ1n) is 17.8. The third-order valence-electron chi connectivity index (χ3n) is 10.3. The van der Waals surface area contributed by atoms with Crippen molar-refractivity contribution >= 4 is 70.1 Å². The summed E-state index contributed by atoms with van der Waals surface area (Å²) in [6, 6.07) is 72.8. The van der Waals surface area contributed by atoms with E-state index in [1.807, 2.05) is 11.3 Å². The fraction of sp³-hybridized carbons (Fsp3) is 0. The highest BCUT2D eigenvalue weighted by Gasteiger charge is 2.20. The van der Waals surface area contributed by atoms with Gasteiger partial charge in [-0.25, -0.2) is 0 Å². The van der Waals surface area contributed by atoms with Crippen LogP contribution in [0.5, 0.6) is 0 Å². The number of benzene rings is 9. The van der Waals surface area contributed by atoms with Crippen molar-refractivity contribution in [3.8, 4) is 33.4 Å². The van der Waals surface area contributed by atoms with E-state index in [0.717, 1.165) is 17.1 Å². The lowest BCUT2D eigenvalue weighted by molar-refractivity contribution is 1.29. The molecule has 9 aromatic carbocycles. The van der Waals surface area contributed by atoms with Gasteiger partial charge in [-0.15, -0.1) is 11.3 Å². The van der Waals surface area contributed by atoms with E-state index in [9.17, 15) is 0 Å². The van der Waals surface area contributed by atoms with Crippen LogP contribution in [0.3, 0.4) is 0 Å². The van der Waals surface area contributed by atoms with Gasteiger partial charge in [0.2, 0.25) is 0 Å². The van der Waals surface area contributed by atoms with E-state index >= 15 is 0 Å². The highest BCUT2D eigenvalue weighted by atomic mass is 32.1. The second-order valence-corrected chi connectivity index (χ2v) is 14.3. The van der Waals surface area contributed by atoms with Crippen molar-refractivity contribution in [2.75, 3.05) is 4.90 Å². The summed E-state index contributed by atoms with van der Waals surface area (Å²) in [5.41, 5.74) is 10.7. The van der Waals surface area contributed by atoms with Crippen LogP contribution in [-0.2, 0) is 0 Å². The Bertz CT molecular complexity index is 2880. The van der Waals surface area contributed by atoms with Gasteiger partial charge in [-0.05, 0) is 80.4 Å². The second-order valence-electron chi connectivity index (χ2n) is 13.3. The summed E-state index contributed by atoms with van der Waals surface area (Å²) in [4.78, 5) is 2.42. The number of para-hydroxylation sites is 1. The molecule has 10 rings (SSSR count). The van der Waals surface area contributed by atoms with E-state index in [-0.39, 0.29) is 0 Å². The Morgan fingerprint density at radius 3 is 1.73 bits per heavy atom. The first kappa shape index (κ1) is 30.4. The van der Waals surface area contributed by atoms with Gasteiger partial charge in [-0.3, -0.25) is 0 Å². The summed E-state index contributed by atoms with van der Waals surface area (Å²) in [6.45, 7) is 0. The van der Waals surface area contributed by atoms with Gasteiger partial charge >= 0.3 is 0 Å². The topological polar surface area (TPSA) is 3.24 Å². The molecule has 2 heteroatoms. The zero-order chi connectivity index (χ0) is 34.4. The van der Waals surface area contributed by atoms with Crippen molar-refractivity contribution < 1.29 is 0 Å². The maximum absolute atomic E-state index is 2.43. The summed E-state index contributed by atoms with van der Waals surface area (Å²) < 4.78 is 2.60. The Morgan fingerprint density at radius 2 is 0.923 bits per heavy atom. The number of hydrogen-bond donors (Lipinski definition) is 0. The molecule has 10 aromatic rings. The molecule has 0 radical (unpaired) electrons. The predicted molar refractivity (Wildman–Crippen MR) is 225 cm³/mol. The van der Waals surface area contributed by atoms with Crippen LogP contribution in [0.1, 0.15) is 0 Å². The molecule has 0 aliphatic heterocycles. The molecular weight excluding hydrogens is 647 g/mol. The van der Waals surface area contributed by atoms with Crippen molar-refractivity contribution in [3.05, 3.63) is 200 Å². The van der Waals surface area contributed by atoms with Gasteiger partial charge in [0.1, 0.15) is 0 Å². The number of fused-ring (bicyclic) bond motifs is 6. The van der Waals surface area contributed by atoms with E-state index in [0.29, 0.717) is 0 Å². The molecule has 0 bridgehead atoms. The average molecular weight is 680 g/mol. The molecule has 1 heterocycles. The largest absolute Gasteiger partial charge is 0.310 e. The minimum Gasteiger partial charge on any atom is -0.310 e. The van der Waals surface area contributed by atoms with Crippen LogP contribution in [0.2, 0.25) is 0 Å². The van der Waals surface area contributed by atoms with Crippen LogP contribution in [-0.4, -0.2) is 0 Å². The monoisotopic (exact) mass is 679 g/mol. The molecular formula is C50H33NS. The van der Waals surface area contributed by atoms with Gasteiger partial charge in [0.05, 0.1) is 5.69 Å². The van der Waals surface area contributed by atoms with E-state index in [1.54, 1.807) is 0 Å². The van der Waals surface area contributed by atoms with Gasteiger partial charge in [-0.1, -0.05) is 164 Å². The van der Waals surface area contributed by atoms with Gasteiger partial charge < -0.3 is 4.90 Å². The highest BCUT2D eigenvalue weighted by Crippen LogP contribution is 2.47. The molecule has 0 saturated carbocycles. The molecule has 244 valence electrons. The first-order chi connectivity index (χ1) is 25.8. The van der Waals surface area contributed by atoms with Gasteiger partial charge in [0.15, 0.2) is 0 Å². The molecule has 0 spiro atoms. The Kier molecular flexibility index (Phi) is 7.41. The normalized spacial score (nSPS) is 11.5. The third kappa shape index (κ3) is 5.16. The number of hydrogen-bond acceptors (Lipinski definition) is 2. The zero-order valence-corrected chi connectivity index (χ0v) is 29.2. The number of rotatable bonds is 6. The maximum atomic E-state index is 2.43. The second kappa shape index (κ2) is 12.7. The Labute approximate surface area is 307 Å². The molecule has 1 nitrogen and oxygen atoms in total. The van der Waals surface area contributed by atoms with Crippen LogP contribution in [0.15, 0.2) is 200 Å². The van der Waals surface area contributed by atoms with Gasteiger partial charge in [-0.2, -0.15) is 0 Å². The summed E-state index contributed by atoms with van der Waals surface area (Å²) in [6.07, 6.45) is 0. The molecule has 1 aromatic heterocycles. The molecule has 0 saturated heterocycles. The quantitative estimate of drug-likeness (QED) is 0.169. The van der Waals surface area contributed by atoms with Crippen LogP contribution in [0.25, 0.3) is 75.1 Å². The lowest BCUT2D eigenvalue weighted by atomic mass is 9.92. The number of nitrogens with zero attached hydrogens (tertiary/aromatic N) is 1. The zero-order valence-electron chi connectivity index (χ0n) is 28.4. The molecule has 0 unspecified atom stereocenters. The van der Waals surface area contributed by atoms with E-state index < -0.39 is 0 Å². The van der Waals surface area contributed by atoms with Crippen molar-refractivity contribution in [1.82, 2.24) is 0 Å². The molecule has 0 atom stereocenters. The standard InChI is InChI=1S/C50H33NS/c1-3-14-34(15-4-1)35-26-28-38(29-27-35)51(48-25-12-11-21-41(48)37-16-5-2-6-17-37)39-30-31-44-47-33-46(42-24-13-19-36-18-7-8-20-40(36)42)43-22-9-10-23-45(43)50(47)52-49(44)32-39/h1-33H. The summed E-state index contributed by atoms with van der Waals surface area (Å²) in [5, 5.41) is 7.71. The average Bonchev–Trinajstić information content (AvgIpc) is 3.60. The Morgan fingerprint density at radius 1 is 0.327 bits per heavy atom. The van der Waals surface area contributed by atoms with Crippen molar-refractivity contribution in [1.29, 1.82) is 0 Å². The first-order valence-corrected chi connectivity index (χ1v) is 18.6. The predicted octanol–water partition coefficient (Wildman–Crippen LogP) is 14.8. The minimum absolute atomic E-state index is 1.12. The molecule has 0 aliphatic carbocycles. The molecule has 0 N–H and O–H groups in total. The fourth-order valence-corrected chi connectivity index (χ4v) is 9.05. The summed E-state index contributed by atoms with van der Waals surface area (Å²) >= 11 is 1.89. The summed E-state index contributed by atoms with van der Waals surface area (Å²) in [7, 11) is 0. The molecule has 0 amide bonds. The summed E-state index contributed by atoms with van der Waals surface area (Å²) in [5.74, 6) is 0. The molecule has 52 heavy (non-hydrogen) atoms. The van der Waals surface area contributed by atoms with E-state index in [4.69, 9.17) is 0 Å². The molecule has 0 aliphatic rings. The fourth-order valence-electron chi connectivity index (χ4n) is 7.80. The van der Waals surface area contributed by atoms with Crippen molar-refractivity contribution in [2.24, 2.45) is 0 Å². The van der Waals surface area contributed by atoms with E-state index in [1.165, 1.54) is 75.1 Å². The lowest BCUT2D eigenvalue weighted by Crippen LogP contribution is -2.11. The highest BCUT2D eigenvalue weighted by molar-refractivity contribution is 7.26. The Balaban J connectivity index is 1.18. The van der Waals surface area contributed by atoms with Crippen LogP contribution in [0, 0.1) is 0 Å². The van der Waals surface area contributed by atoms with Gasteiger partial charge in [0, 0.05) is 42.5 Å². The number of anilines is 3. The van der Waals surface area contributed by atoms with E-state index in [2.05, 4.69) is 205 Å². The van der Waals surface area contributed by atoms with Crippen molar-refractivity contribution in [2.45, 2.75) is 0 Å².